The molecule has 66 heavy (non-hydrogen) atoms. The molecule has 0 saturated heterocycles. The Hall–Kier alpha value is -0.0843. The van der Waals surface area contributed by atoms with Crippen molar-refractivity contribution in [2.45, 2.75) is 168 Å². The van der Waals surface area contributed by atoms with Crippen molar-refractivity contribution in [2.24, 2.45) is 67.0 Å². The number of carbonyl (C=O) groups excluding carboxylic acids is 5. The van der Waals surface area contributed by atoms with Gasteiger partial charge in [0.1, 0.15) is 17.3 Å². The fourth-order valence-electron chi connectivity index (χ4n) is 13.9. The van der Waals surface area contributed by atoms with Crippen LogP contribution in [-0.4, -0.2) is 103 Å². The molecule has 8 atom stereocenters. The minimum atomic E-state index is -4.08. The van der Waals surface area contributed by atoms with E-state index in [-0.39, 0.29) is 82.6 Å². The number of carbonyl (C=O) groups is 5. The number of Topliss-reactive ketones (excluding diaryl/α,β-unsaturated/α-hetero) is 5. The second kappa shape index (κ2) is 23.6. The average Bonchev–Trinajstić information content (AvgIpc) is 3.92. The molecule has 0 amide bonds. The summed E-state index contributed by atoms with van der Waals surface area (Å²) in [6.45, 7) is 20.8. The second-order valence-electron chi connectivity index (χ2n) is 21.0. The van der Waals surface area contributed by atoms with Gasteiger partial charge in [0, 0.05) is 73.5 Å². The molecule has 14 nitrogen and oxygen atoms in total. The monoisotopic (exact) mass is 1130 g/mol. The molecular formula is C44H73Cl3MgO14S3Se. The molecule has 0 heterocycles. The molecule has 380 valence electrons. The van der Waals surface area contributed by atoms with E-state index in [2.05, 4.69) is 56.0 Å². The maximum atomic E-state index is 11.9. The summed E-state index contributed by atoms with van der Waals surface area (Å²) < 4.78 is 87.6. The Labute approximate surface area is 428 Å². The molecule has 8 rings (SSSR count). The Morgan fingerprint density at radius 2 is 0.894 bits per heavy atom. The van der Waals surface area contributed by atoms with Crippen molar-refractivity contribution in [1.29, 1.82) is 0 Å². The summed E-state index contributed by atoms with van der Waals surface area (Å²) in [4.78, 5) is 59.0. The molecule has 0 aliphatic heterocycles. The Balaban J connectivity index is 0.000000798. The average molecular weight is 1130 g/mol. The Kier molecular flexibility index (Phi) is 23.6. The quantitative estimate of drug-likeness (QED) is 0.113. The van der Waals surface area contributed by atoms with Gasteiger partial charge in [0.25, 0.3) is 10.1 Å². The molecule has 1 N–H and O–H groups in total. The van der Waals surface area contributed by atoms with Gasteiger partial charge in [-0.15, -0.1) is 0 Å². The van der Waals surface area contributed by atoms with Gasteiger partial charge in [-0.25, -0.2) is 12.6 Å². The van der Waals surface area contributed by atoms with Gasteiger partial charge in [-0.2, -0.15) is 8.42 Å². The van der Waals surface area contributed by atoms with Crippen molar-refractivity contribution in [3.63, 3.8) is 0 Å². The molecule has 0 aromatic rings. The molecule has 8 aliphatic carbocycles. The zero-order chi connectivity index (χ0) is 50.1. The fourth-order valence-corrected chi connectivity index (χ4v) is 17.0. The first kappa shape index (κ1) is 65.9. The molecule has 0 aromatic heterocycles. The summed E-state index contributed by atoms with van der Waals surface area (Å²) in [5, 5.41) is 0. The number of fused-ring (bicyclic) bond motifs is 8. The van der Waals surface area contributed by atoms with Gasteiger partial charge in [-0.1, -0.05) is 84.1 Å². The van der Waals surface area contributed by atoms with Crippen LogP contribution in [0.25, 0.3) is 0 Å². The van der Waals surface area contributed by atoms with Gasteiger partial charge < -0.3 is 0 Å². The SMILES string of the molecule is C.C.CC1(C)C2CCC1(CS(=O)(=O)Cl)C(=O)C2.CC1(C)C2CCC1(CS(=O)(=O)O)C(=O)C2.CCC12CCC(C(=O)C1=O)C2(C)C.CCC12CCC(CC1=O)C2(C)C.O=S(Cl)Cl.O=[Se]=O.[O]=[Mg]. The van der Waals surface area contributed by atoms with Gasteiger partial charge in [-0.05, 0) is 104 Å². The third-order valence-electron chi connectivity index (χ3n) is 18.4. The molecular weight excluding hydrogens is 1060 g/mol. The van der Waals surface area contributed by atoms with E-state index in [1.54, 1.807) is 0 Å². The van der Waals surface area contributed by atoms with E-state index in [0.717, 1.165) is 51.4 Å². The third-order valence-corrected chi connectivity index (χ3v) is 20.4. The predicted molar refractivity (Wildman–Crippen MR) is 258 cm³/mol. The van der Waals surface area contributed by atoms with E-state index < -0.39 is 59.8 Å². The fraction of sp³-hybridized carbons (Fsp3) is 0.886. The molecule has 8 fully saturated rings. The van der Waals surface area contributed by atoms with Crippen molar-refractivity contribution in [3.8, 4) is 0 Å². The van der Waals surface area contributed by atoms with Gasteiger partial charge in [0.2, 0.25) is 29.8 Å². The number of halogens is 3. The topological polar surface area (TPSA) is 242 Å². The Bertz CT molecular complexity index is 2040. The van der Waals surface area contributed by atoms with Crippen LogP contribution in [0.5, 0.6) is 0 Å². The molecule has 8 bridgehead atoms. The molecule has 8 unspecified atom stereocenters. The van der Waals surface area contributed by atoms with E-state index >= 15 is 0 Å². The summed E-state index contributed by atoms with van der Waals surface area (Å²) in [5.41, 5.74) is -2.09. The predicted octanol–water partition coefficient (Wildman–Crippen LogP) is 9.18. The van der Waals surface area contributed by atoms with Gasteiger partial charge in [0.05, 0.1) is 16.9 Å². The van der Waals surface area contributed by atoms with Crippen LogP contribution in [0.4, 0.5) is 0 Å². The molecule has 8 saturated carbocycles. The third kappa shape index (κ3) is 11.9. The first-order valence-electron chi connectivity index (χ1n) is 21.6. The van der Waals surface area contributed by atoms with E-state index in [4.69, 9.17) is 30.3 Å². The van der Waals surface area contributed by atoms with Gasteiger partial charge in [-0.3, -0.25) is 28.5 Å². The van der Waals surface area contributed by atoms with Crippen molar-refractivity contribution >= 4 is 126 Å². The van der Waals surface area contributed by atoms with E-state index in [1.165, 1.54) is 6.42 Å². The number of ketones is 5. The maximum absolute atomic E-state index is 11.9. The van der Waals surface area contributed by atoms with Crippen molar-refractivity contribution < 1.29 is 60.4 Å². The number of rotatable bonds is 6. The minimum absolute atomic E-state index is 0. The number of hydrogen-bond acceptors (Lipinski definition) is 13. The normalized spacial score (nSPS) is 34.5. The summed E-state index contributed by atoms with van der Waals surface area (Å²) in [7, 11) is 4.99. The van der Waals surface area contributed by atoms with Crippen LogP contribution < -0.4 is 0 Å². The first-order chi connectivity index (χ1) is 29.0. The zero-order valence-electron chi connectivity index (χ0n) is 38.6. The summed E-state index contributed by atoms with van der Waals surface area (Å²) in [6.07, 6.45) is 11.1. The van der Waals surface area contributed by atoms with Crippen LogP contribution in [0.2, 0.25) is 0 Å². The van der Waals surface area contributed by atoms with Crippen LogP contribution in [-0.2, 0) is 63.2 Å². The van der Waals surface area contributed by atoms with Crippen molar-refractivity contribution in [3.05, 3.63) is 0 Å². The van der Waals surface area contributed by atoms with Crippen LogP contribution in [0.3, 0.4) is 0 Å². The zero-order valence-corrected chi connectivity index (χ0v) is 46.5. The Morgan fingerprint density at radius 3 is 1.08 bits per heavy atom. The first-order valence-corrected chi connectivity index (χ1v) is 30.4. The summed E-state index contributed by atoms with van der Waals surface area (Å²) in [5.74, 6) is 1.20. The van der Waals surface area contributed by atoms with Crippen LogP contribution in [0.1, 0.15) is 168 Å². The summed E-state index contributed by atoms with van der Waals surface area (Å²) in [6, 6.07) is 0. The van der Waals surface area contributed by atoms with E-state index in [9.17, 15) is 40.8 Å². The van der Waals surface area contributed by atoms with Gasteiger partial charge >= 0.3 is 47.4 Å². The van der Waals surface area contributed by atoms with Crippen molar-refractivity contribution in [1.82, 2.24) is 0 Å². The molecule has 8 aliphatic rings. The Morgan fingerprint density at radius 1 is 0.606 bits per heavy atom. The van der Waals surface area contributed by atoms with Crippen LogP contribution in [0, 0.1) is 67.0 Å². The van der Waals surface area contributed by atoms with E-state index in [0.29, 0.717) is 70.4 Å². The molecule has 0 aromatic carbocycles. The summed E-state index contributed by atoms with van der Waals surface area (Å²) >= 11 is -1.01. The second-order valence-corrected chi connectivity index (χ2v) is 28.0. The van der Waals surface area contributed by atoms with Crippen LogP contribution in [0.15, 0.2) is 0 Å². The standard InChI is InChI=1S/C11H16O2.C11H18O.C10H15ClO3S.C10H16O4S.2CH4.Cl2OS.Mg.O2Se.O/c1-4-11-6-5-7(10(11,2)3)8(12)9(11)13;1-4-11-6-5-8(7-9(11)12)10(11,2)3;1-9(2)7-3-4-10(9,8(12)5-7)6-15(11,13)14;1-9(2)7-3-4-10(9,8(11)5-7)6-15(12,13)14;;;1-4(2)3;;1-3-2;/h7H,4-6H2,1-3H3;8H,4-7H2,1-3H3;7H,3-6H2,1-2H3;7H,3-6H2,1-2H3,(H,12,13,14);2*1H4;;;;. The van der Waals surface area contributed by atoms with Crippen LogP contribution >= 0.6 is 32.0 Å². The van der Waals surface area contributed by atoms with Crippen molar-refractivity contribution in [2.75, 3.05) is 11.5 Å². The van der Waals surface area contributed by atoms with E-state index in [1.807, 2.05) is 34.6 Å². The molecule has 22 heteroatoms. The molecule has 0 radical (unpaired) electrons. The van der Waals surface area contributed by atoms with Gasteiger partial charge in [0.15, 0.2) is 0 Å². The number of hydrogen-bond donors (Lipinski definition) is 1. The molecule has 0 spiro atoms.